The van der Waals surface area contributed by atoms with Crippen molar-refractivity contribution in [2.75, 3.05) is 58.8 Å². The monoisotopic (exact) mass is 575 g/mol. The molecule has 1 aliphatic heterocycles. The molecular weight excluding hydrogens is 533 g/mol. The number of anilines is 1. The second-order valence-electron chi connectivity index (χ2n) is 9.23. The number of rotatable bonds is 9. The Balaban J connectivity index is 0.00000544. The average molecular weight is 576 g/mol. The van der Waals surface area contributed by atoms with E-state index in [0.29, 0.717) is 5.92 Å². The smallest absolute Gasteiger partial charge is 0.412 e. The first-order valence-corrected chi connectivity index (χ1v) is 11.5. The van der Waals surface area contributed by atoms with Crippen LogP contribution in [0.3, 0.4) is 0 Å². The average Bonchev–Trinajstić information content (AvgIpc) is 2.75. The minimum absolute atomic E-state index is 0. The summed E-state index contributed by atoms with van der Waals surface area (Å²) in [5.41, 5.74) is 1.40. The first-order chi connectivity index (χ1) is 15.3. The molecule has 1 aliphatic rings. The molecule has 8 nitrogen and oxygen atoms in total. The summed E-state index contributed by atoms with van der Waals surface area (Å²) in [6.45, 7) is 11.4. The minimum atomic E-state index is -0.510. The highest BCUT2D eigenvalue weighted by molar-refractivity contribution is 14.0. The maximum Gasteiger partial charge on any atom is 0.412 e. The van der Waals surface area contributed by atoms with E-state index in [1.54, 1.807) is 14.2 Å². The number of halogens is 1. The van der Waals surface area contributed by atoms with Crippen molar-refractivity contribution in [3.05, 3.63) is 29.8 Å². The lowest BCUT2D eigenvalue weighted by molar-refractivity contribution is 0.0636. The van der Waals surface area contributed by atoms with E-state index in [2.05, 4.69) is 25.8 Å². The molecule has 1 fully saturated rings. The third kappa shape index (κ3) is 12.4. The van der Waals surface area contributed by atoms with Gasteiger partial charge in [0.25, 0.3) is 0 Å². The summed E-state index contributed by atoms with van der Waals surface area (Å²) in [6, 6.07) is 7.82. The quantitative estimate of drug-likeness (QED) is 0.237. The van der Waals surface area contributed by atoms with Crippen molar-refractivity contribution in [1.82, 2.24) is 15.5 Å². The zero-order valence-electron chi connectivity index (χ0n) is 20.8. The number of guanidine groups is 1. The van der Waals surface area contributed by atoms with Crippen LogP contribution in [0, 0.1) is 5.92 Å². The molecule has 0 bridgehead atoms. The topological polar surface area (TPSA) is 87.2 Å². The molecule has 3 N–H and O–H groups in total. The SMILES string of the molecule is CN=C(NCCc1ccc(NC(=O)OC(C)(C)C)cc1)NCC1CCN(CCOC)CC1.I. The van der Waals surface area contributed by atoms with Crippen LogP contribution in [-0.2, 0) is 15.9 Å². The highest BCUT2D eigenvalue weighted by Crippen LogP contribution is 2.16. The first kappa shape index (κ1) is 29.4. The normalized spacial score (nSPS) is 15.5. The van der Waals surface area contributed by atoms with E-state index in [1.165, 1.54) is 18.4 Å². The van der Waals surface area contributed by atoms with Crippen LogP contribution in [0.2, 0.25) is 0 Å². The fourth-order valence-corrected chi connectivity index (χ4v) is 3.60. The second kappa shape index (κ2) is 15.3. The van der Waals surface area contributed by atoms with Gasteiger partial charge in [-0.15, -0.1) is 24.0 Å². The standard InChI is InChI=1S/C24H41N5O3.HI/c1-24(2,3)32-23(30)28-21-8-6-19(7-9-21)10-13-26-22(25-4)27-18-20-11-14-29(15-12-20)16-17-31-5;/h6-9,20H,10-18H2,1-5H3,(H,28,30)(H2,25,26,27);1H. The van der Waals surface area contributed by atoms with E-state index < -0.39 is 11.7 Å². The van der Waals surface area contributed by atoms with Gasteiger partial charge in [0.1, 0.15) is 5.60 Å². The van der Waals surface area contributed by atoms with Gasteiger partial charge in [-0.3, -0.25) is 10.3 Å². The van der Waals surface area contributed by atoms with Gasteiger partial charge in [0.15, 0.2) is 5.96 Å². The van der Waals surface area contributed by atoms with Crippen molar-refractivity contribution >= 4 is 41.7 Å². The number of hydrogen-bond acceptors (Lipinski definition) is 5. The zero-order chi connectivity index (χ0) is 23.4. The molecule has 1 saturated heterocycles. The predicted octanol–water partition coefficient (Wildman–Crippen LogP) is 3.72. The number of methoxy groups -OCH3 is 1. The number of aliphatic imine (C=N–C) groups is 1. The van der Waals surface area contributed by atoms with Gasteiger partial charge in [-0.25, -0.2) is 4.79 Å². The van der Waals surface area contributed by atoms with Gasteiger partial charge in [-0.2, -0.15) is 0 Å². The molecule has 0 aromatic heterocycles. The van der Waals surface area contributed by atoms with Crippen molar-refractivity contribution in [1.29, 1.82) is 0 Å². The Hall–Kier alpha value is -1.59. The van der Waals surface area contributed by atoms with E-state index in [9.17, 15) is 4.79 Å². The van der Waals surface area contributed by atoms with Gasteiger partial charge in [-0.1, -0.05) is 12.1 Å². The van der Waals surface area contributed by atoms with Crippen LogP contribution in [0.1, 0.15) is 39.2 Å². The highest BCUT2D eigenvalue weighted by atomic mass is 127. The van der Waals surface area contributed by atoms with E-state index in [1.807, 2.05) is 45.0 Å². The molecule has 2 rings (SSSR count). The number of benzene rings is 1. The Kier molecular flexibility index (Phi) is 13.7. The Labute approximate surface area is 216 Å². The lowest BCUT2D eigenvalue weighted by Crippen LogP contribution is -2.43. The molecule has 0 saturated carbocycles. The maximum absolute atomic E-state index is 11.9. The number of hydrogen-bond donors (Lipinski definition) is 3. The van der Waals surface area contributed by atoms with Crippen molar-refractivity contribution < 1.29 is 14.3 Å². The van der Waals surface area contributed by atoms with Crippen LogP contribution < -0.4 is 16.0 Å². The van der Waals surface area contributed by atoms with E-state index in [4.69, 9.17) is 9.47 Å². The van der Waals surface area contributed by atoms with Crippen molar-refractivity contribution in [2.45, 2.75) is 45.6 Å². The second-order valence-corrected chi connectivity index (χ2v) is 9.23. The van der Waals surface area contributed by atoms with Crippen LogP contribution in [0.5, 0.6) is 0 Å². The number of ether oxygens (including phenoxy) is 2. The fraction of sp³-hybridized carbons (Fsp3) is 0.667. The molecule has 1 aromatic rings. The van der Waals surface area contributed by atoms with Crippen molar-refractivity contribution in [3.8, 4) is 0 Å². The summed E-state index contributed by atoms with van der Waals surface area (Å²) in [4.78, 5) is 18.7. The molecule has 1 amide bonds. The van der Waals surface area contributed by atoms with E-state index in [0.717, 1.165) is 57.4 Å². The molecular formula is C24H42IN5O3. The molecule has 0 aliphatic carbocycles. The molecule has 33 heavy (non-hydrogen) atoms. The van der Waals surface area contributed by atoms with Crippen LogP contribution >= 0.6 is 24.0 Å². The summed E-state index contributed by atoms with van der Waals surface area (Å²) in [5.74, 6) is 1.52. The summed E-state index contributed by atoms with van der Waals surface area (Å²) < 4.78 is 10.4. The van der Waals surface area contributed by atoms with Crippen molar-refractivity contribution in [3.63, 3.8) is 0 Å². The van der Waals surface area contributed by atoms with Crippen LogP contribution in [-0.4, -0.2) is 76.0 Å². The molecule has 188 valence electrons. The van der Waals surface area contributed by atoms with Crippen LogP contribution in [0.15, 0.2) is 29.3 Å². The van der Waals surface area contributed by atoms with E-state index >= 15 is 0 Å². The maximum atomic E-state index is 11.9. The molecule has 0 atom stereocenters. The number of carbonyl (C=O) groups excluding carboxylic acids is 1. The molecule has 0 spiro atoms. The number of amides is 1. The number of piperidine rings is 1. The molecule has 0 radical (unpaired) electrons. The number of nitrogens with zero attached hydrogens (tertiary/aromatic N) is 2. The number of nitrogens with one attached hydrogen (secondary N) is 3. The number of carbonyl (C=O) groups is 1. The zero-order valence-corrected chi connectivity index (χ0v) is 23.1. The summed E-state index contributed by atoms with van der Waals surface area (Å²) in [5, 5.41) is 9.61. The lowest BCUT2D eigenvalue weighted by atomic mass is 9.97. The molecule has 9 heteroatoms. The van der Waals surface area contributed by atoms with Gasteiger partial charge >= 0.3 is 6.09 Å². The third-order valence-corrected chi connectivity index (χ3v) is 5.41. The Morgan fingerprint density at radius 1 is 1.15 bits per heavy atom. The minimum Gasteiger partial charge on any atom is -0.444 e. The first-order valence-electron chi connectivity index (χ1n) is 11.5. The van der Waals surface area contributed by atoms with Gasteiger partial charge in [0, 0.05) is 39.5 Å². The van der Waals surface area contributed by atoms with Crippen molar-refractivity contribution in [2.24, 2.45) is 10.9 Å². The summed E-state index contributed by atoms with van der Waals surface area (Å²) in [7, 11) is 3.56. The lowest BCUT2D eigenvalue weighted by Gasteiger charge is -2.32. The van der Waals surface area contributed by atoms with Gasteiger partial charge in [0.2, 0.25) is 0 Å². The summed E-state index contributed by atoms with van der Waals surface area (Å²) >= 11 is 0. The Bertz CT molecular complexity index is 714. The third-order valence-electron chi connectivity index (χ3n) is 5.41. The molecule has 1 aromatic carbocycles. The number of likely N-dealkylation sites (tertiary alicyclic amines) is 1. The van der Waals surface area contributed by atoms with Crippen LogP contribution in [0.25, 0.3) is 0 Å². The largest absolute Gasteiger partial charge is 0.444 e. The summed E-state index contributed by atoms with van der Waals surface area (Å²) in [6.07, 6.45) is 2.84. The molecule has 1 heterocycles. The Morgan fingerprint density at radius 2 is 1.82 bits per heavy atom. The predicted molar refractivity (Wildman–Crippen MR) is 146 cm³/mol. The molecule has 0 unspecified atom stereocenters. The van der Waals surface area contributed by atoms with Crippen LogP contribution in [0.4, 0.5) is 10.5 Å². The fourth-order valence-electron chi connectivity index (χ4n) is 3.60. The highest BCUT2D eigenvalue weighted by Gasteiger charge is 2.19. The van der Waals surface area contributed by atoms with Gasteiger partial charge in [0.05, 0.1) is 6.61 Å². The Morgan fingerprint density at radius 3 is 2.39 bits per heavy atom. The van der Waals surface area contributed by atoms with Gasteiger partial charge < -0.3 is 25.0 Å². The van der Waals surface area contributed by atoms with E-state index in [-0.39, 0.29) is 24.0 Å². The van der Waals surface area contributed by atoms with Gasteiger partial charge in [-0.05, 0) is 76.7 Å².